The normalized spacial score (nSPS) is 11.6. The monoisotopic (exact) mass is 370 g/mol. The van der Waals surface area contributed by atoms with Crippen molar-refractivity contribution < 1.29 is 0 Å². The second kappa shape index (κ2) is 7.98. The van der Waals surface area contributed by atoms with Gasteiger partial charge in [0.25, 0.3) is 0 Å². The number of allylic oxidation sites excluding steroid dienone is 1. The molecule has 0 nitrogen and oxygen atoms in total. The highest BCUT2D eigenvalue weighted by Crippen LogP contribution is 2.38. The highest BCUT2D eigenvalue weighted by Gasteiger charge is 2.12. The van der Waals surface area contributed by atoms with Crippen LogP contribution in [0.2, 0.25) is 5.02 Å². The molecule has 134 valence electrons. The first-order valence-electron chi connectivity index (χ1n) is 9.65. The zero-order chi connectivity index (χ0) is 18.6. The Balaban J connectivity index is 1.97. The first-order valence-corrected chi connectivity index (χ1v) is 10.0. The molecule has 0 fully saturated rings. The van der Waals surface area contributed by atoms with Crippen molar-refractivity contribution in [2.45, 2.75) is 26.2 Å². The van der Waals surface area contributed by atoms with Gasteiger partial charge in [-0.1, -0.05) is 104 Å². The lowest BCUT2D eigenvalue weighted by atomic mass is 9.91. The van der Waals surface area contributed by atoms with Gasteiger partial charge in [-0.3, -0.25) is 0 Å². The van der Waals surface area contributed by atoms with Gasteiger partial charge >= 0.3 is 0 Å². The molecular weight excluding hydrogens is 348 g/mol. The average Bonchev–Trinajstić information content (AvgIpc) is 2.71. The van der Waals surface area contributed by atoms with Gasteiger partial charge in [-0.05, 0) is 51.2 Å². The fraction of sp³-hybridized carbons (Fsp3) is 0.154. The molecular formula is C26H23Cl. The van der Waals surface area contributed by atoms with E-state index in [1.54, 1.807) is 0 Å². The smallest absolute Gasteiger partial charge is 0.0484 e. The highest BCUT2D eigenvalue weighted by atomic mass is 35.5. The Morgan fingerprint density at radius 2 is 1.52 bits per heavy atom. The van der Waals surface area contributed by atoms with Crippen LogP contribution in [0.25, 0.3) is 38.7 Å². The highest BCUT2D eigenvalue weighted by molar-refractivity contribution is 6.32. The van der Waals surface area contributed by atoms with E-state index >= 15 is 0 Å². The molecule has 0 saturated heterocycles. The molecule has 0 spiro atoms. The van der Waals surface area contributed by atoms with E-state index in [9.17, 15) is 0 Å². The standard InChI is InChI=1S/C26H23Cl/c1-2-3-4-5-15-24-23(16-10-17-26(24)27)25-18-19-11-6-7-12-20(19)21-13-8-9-14-22(21)25/h5-18H,2-4H2,1H3. The molecule has 4 aromatic rings. The van der Waals surface area contributed by atoms with Crippen LogP contribution < -0.4 is 0 Å². The maximum Gasteiger partial charge on any atom is 0.0484 e. The Bertz CT molecular complexity index is 1120. The van der Waals surface area contributed by atoms with Crippen molar-refractivity contribution in [3.63, 3.8) is 0 Å². The summed E-state index contributed by atoms with van der Waals surface area (Å²) in [4.78, 5) is 0. The first kappa shape index (κ1) is 17.8. The van der Waals surface area contributed by atoms with E-state index in [0.29, 0.717) is 0 Å². The number of halogens is 1. The number of hydrogen-bond acceptors (Lipinski definition) is 0. The zero-order valence-corrected chi connectivity index (χ0v) is 16.3. The minimum absolute atomic E-state index is 0.803. The minimum atomic E-state index is 0.803. The molecule has 0 N–H and O–H groups in total. The van der Waals surface area contributed by atoms with Crippen LogP contribution in [0.5, 0.6) is 0 Å². The van der Waals surface area contributed by atoms with Crippen molar-refractivity contribution in [2.24, 2.45) is 0 Å². The lowest BCUT2D eigenvalue weighted by molar-refractivity contribution is 0.816. The van der Waals surface area contributed by atoms with Crippen molar-refractivity contribution in [3.05, 3.63) is 89.5 Å². The van der Waals surface area contributed by atoms with Gasteiger partial charge in [0.05, 0.1) is 0 Å². The Hall–Kier alpha value is -2.57. The molecule has 0 aromatic heterocycles. The van der Waals surface area contributed by atoms with Crippen molar-refractivity contribution in [1.29, 1.82) is 0 Å². The molecule has 0 bridgehead atoms. The summed E-state index contributed by atoms with van der Waals surface area (Å²) >= 11 is 6.61. The molecule has 0 radical (unpaired) electrons. The van der Waals surface area contributed by atoms with E-state index in [1.165, 1.54) is 45.5 Å². The van der Waals surface area contributed by atoms with Crippen LogP contribution >= 0.6 is 11.6 Å². The third-order valence-electron chi connectivity index (χ3n) is 5.12. The molecule has 1 heteroatoms. The lowest BCUT2D eigenvalue weighted by Crippen LogP contribution is -1.88. The topological polar surface area (TPSA) is 0 Å². The van der Waals surface area contributed by atoms with Crippen LogP contribution in [0.3, 0.4) is 0 Å². The molecule has 0 atom stereocenters. The molecule has 0 heterocycles. The maximum atomic E-state index is 6.61. The summed E-state index contributed by atoms with van der Waals surface area (Å²) in [5.41, 5.74) is 3.54. The van der Waals surface area contributed by atoms with Gasteiger partial charge in [0, 0.05) is 10.6 Å². The van der Waals surface area contributed by atoms with E-state index < -0.39 is 0 Å². The summed E-state index contributed by atoms with van der Waals surface area (Å²) in [6, 6.07) is 25.8. The average molecular weight is 371 g/mol. The molecule has 27 heavy (non-hydrogen) atoms. The quantitative estimate of drug-likeness (QED) is 0.244. The summed E-state index contributed by atoms with van der Waals surface area (Å²) in [7, 11) is 0. The number of hydrogen-bond donors (Lipinski definition) is 0. The number of fused-ring (bicyclic) bond motifs is 3. The lowest BCUT2D eigenvalue weighted by Gasteiger charge is -2.14. The van der Waals surface area contributed by atoms with Crippen molar-refractivity contribution >= 4 is 39.2 Å². The van der Waals surface area contributed by atoms with Crippen LogP contribution in [-0.2, 0) is 0 Å². The van der Waals surface area contributed by atoms with Gasteiger partial charge in [-0.2, -0.15) is 0 Å². The molecule has 0 aliphatic rings. The van der Waals surface area contributed by atoms with Gasteiger partial charge in [0.1, 0.15) is 0 Å². The van der Waals surface area contributed by atoms with Crippen LogP contribution in [0.4, 0.5) is 0 Å². The third-order valence-corrected chi connectivity index (χ3v) is 5.45. The van der Waals surface area contributed by atoms with Gasteiger partial charge in [0.2, 0.25) is 0 Å². The van der Waals surface area contributed by atoms with Crippen LogP contribution in [0.15, 0.2) is 78.9 Å². The van der Waals surface area contributed by atoms with Gasteiger partial charge in [-0.15, -0.1) is 0 Å². The van der Waals surface area contributed by atoms with Crippen molar-refractivity contribution in [2.75, 3.05) is 0 Å². The summed E-state index contributed by atoms with van der Waals surface area (Å²) in [6.07, 6.45) is 7.93. The van der Waals surface area contributed by atoms with E-state index in [4.69, 9.17) is 11.6 Å². The minimum Gasteiger partial charge on any atom is -0.0839 e. The Labute approximate surface area is 166 Å². The first-order chi connectivity index (χ1) is 13.3. The Morgan fingerprint density at radius 1 is 0.778 bits per heavy atom. The number of unbranched alkanes of at least 4 members (excludes halogenated alkanes) is 2. The molecule has 0 amide bonds. The zero-order valence-electron chi connectivity index (χ0n) is 15.6. The molecule has 4 aromatic carbocycles. The van der Waals surface area contributed by atoms with Crippen LogP contribution in [0.1, 0.15) is 31.7 Å². The molecule has 0 saturated carbocycles. The fourth-order valence-corrected chi connectivity index (χ4v) is 3.98. The van der Waals surface area contributed by atoms with Crippen molar-refractivity contribution in [3.8, 4) is 11.1 Å². The van der Waals surface area contributed by atoms with E-state index in [0.717, 1.165) is 17.0 Å². The van der Waals surface area contributed by atoms with Gasteiger partial charge < -0.3 is 0 Å². The predicted octanol–water partition coefficient (Wildman–Crippen LogP) is 8.52. The van der Waals surface area contributed by atoms with E-state index in [2.05, 4.69) is 79.7 Å². The van der Waals surface area contributed by atoms with Gasteiger partial charge in [0.15, 0.2) is 0 Å². The van der Waals surface area contributed by atoms with Crippen molar-refractivity contribution in [1.82, 2.24) is 0 Å². The second-order valence-corrected chi connectivity index (χ2v) is 7.34. The van der Waals surface area contributed by atoms with E-state index in [1.807, 2.05) is 12.1 Å². The molecule has 4 rings (SSSR count). The van der Waals surface area contributed by atoms with Crippen LogP contribution in [0, 0.1) is 0 Å². The Morgan fingerprint density at radius 3 is 2.33 bits per heavy atom. The summed E-state index contributed by atoms with van der Waals surface area (Å²) in [5, 5.41) is 5.90. The maximum absolute atomic E-state index is 6.61. The predicted molar refractivity (Wildman–Crippen MR) is 120 cm³/mol. The SMILES string of the molecule is CCCCC=Cc1c(Cl)cccc1-c1cc2ccccc2c2ccccc12. The largest absolute Gasteiger partial charge is 0.0839 e. The van der Waals surface area contributed by atoms with E-state index in [-0.39, 0.29) is 0 Å². The Kier molecular flexibility index (Phi) is 5.27. The van der Waals surface area contributed by atoms with Crippen LogP contribution in [-0.4, -0.2) is 0 Å². The molecule has 0 unspecified atom stereocenters. The number of rotatable bonds is 5. The third kappa shape index (κ3) is 3.50. The second-order valence-electron chi connectivity index (χ2n) is 6.94. The number of benzene rings is 4. The molecule has 0 aliphatic heterocycles. The van der Waals surface area contributed by atoms with Gasteiger partial charge in [-0.25, -0.2) is 0 Å². The summed E-state index contributed by atoms with van der Waals surface area (Å²) in [6.45, 7) is 2.22. The summed E-state index contributed by atoms with van der Waals surface area (Å²) in [5.74, 6) is 0. The molecule has 0 aliphatic carbocycles. The summed E-state index contributed by atoms with van der Waals surface area (Å²) < 4.78 is 0. The fourth-order valence-electron chi connectivity index (χ4n) is 3.74.